The van der Waals surface area contributed by atoms with Crippen molar-refractivity contribution in [3.63, 3.8) is 0 Å². The molecule has 90 valence electrons. The zero-order valence-electron chi connectivity index (χ0n) is 9.69. The molecule has 3 heteroatoms. The van der Waals surface area contributed by atoms with Gasteiger partial charge >= 0.3 is 0 Å². The van der Waals surface area contributed by atoms with Crippen molar-refractivity contribution in [2.75, 3.05) is 0 Å². The van der Waals surface area contributed by atoms with Crippen LogP contribution in [0.5, 0.6) is 0 Å². The Morgan fingerprint density at radius 2 is 1.83 bits per heavy atom. The minimum absolute atomic E-state index is 0.320. The van der Waals surface area contributed by atoms with Gasteiger partial charge in [-0.3, -0.25) is 4.79 Å². The van der Waals surface area contributed by atoms with Crippen LogP contribution in [0.25, 0.3) is 17.2 Å². The number of nitrogens with two attached hydrogens (primary N) is 1. The van der Waals surface area contributed by atoms with Crippen molar-refractivity contribution in [2.45, 2.75) is 0 Å². The van der Waals surface area contributed by atoms with Gasteiger partial charge < -0.3 is 5.73 Å². The fourth-order valence-electron chi connectivity index (χ4n) is 1.71. The number of hydrogen-bond donors (Lipinski definition) is 1. The van der Waals surface area contributed by atoms with E-state index >= 15 is 0 Å². The molecule has 0 spiro atoms. The van der Waals surface area contributed by atoms with E-state index in [1.54, 1.807) is 42.5 Å². The highest BCUT2D eigenvalue weighted by Crippen LogP contribution is 2.24. The van der Waals surface area contributed by atoms with Gasteiger partial charge in [0.2, 0.25) is 5.91 Å². The van der Waals surface area contributed by atoms with Crippen LogP contribution in [0.2, 0.25) is 0 Å². The van der Waals surface area contributed by atoms with Crippen LogP contribution in [-0.4, -0.2) is 5.91 Å². The second kappa shape index (κ2) is 4.84. The summed E-state index contributed by atoms with van der Waals surface area (Å²) < 4.78 is 13.8. The van der Waals surface area contributed by atoms with Crippen LogP contribution in [-0.2, 0) is 0 Å². The van der Waals surface area contributed by atoms with Crippen molar-refractivity contribution in [2.24, 2.45) is 5.73 Å². The molecule has 0 radical (unpaired) electrons. The topological polar surface area (TPSA) is 43.1 Å². The predicted molar refractivity (Wildman–Crippen MR) is 70.4 cm³/mol. The second-order valence-corrected chi connectivity index (χ2v) is 3.89. The maximum Gasteiger partial charge on any atom is 0.248 e. The van der Waals surface area contributed by atoms with Gasteiger partial charge in [-0.15, -0.1) is 0 Å². The van der Waals surface area contributed by atoms with Crippen LogP contribution in [0.4, 0.5) is 4.39 Å². The van der Waals surface area contributed by atoms with Gasteiger partial charge in [0.15, 0.2) is 0 Å². The molecule has 0 unspecified atom stereocenters. The molecule has 2 N–H and O–H groups in total. The molecule has 0 aliphatic rings. The maximum atomic E-state index is 13.8. The molecule has 0 aliphatic heterocycles. The van der Waals surface area contributed by atoms with Crippen molar-refractivity contribution in [3.05, 3.63) is 66.0 Å². The third-order valence-corrected chi connectivity index (χ3v) is 2.71. The normalized spacial score (nSPS) is 10.1. The molecule has 2 nitrogen and oxygen atoms in total. The number of primary amides is 1. The number of carbonyl (C=O) groups excluding carboxylic acids is 1. The van der Waals surface area contributed by atoms with Crippen LogP contribution in [0.15, 0.2) is 49.0 Å². The molecule has 0 aliphatic carbocycles. The van der Waals surface area contributed by atoms with Gasteiger partial charge in [-0.2, -0.15) is 0 Å². The van der Waals surface area contributed by atoms with Crippen LogP contribution in [0.1, 0.15) is 15.9 Å². The van der Waals surface area contributed by atoms with Gasteiger partial charge in [0.05, 0.1) is 0 Å². The molecule has 2 rings (SSSR count). The van der Waals surface area contributed by atoms with E-state index in [4.69, 9.17) is 5.73 Å². The highest BCUT2D eigenvalue weighted by atomic mass is 19.1. The minimum atomic E-state index is -0.496. The molecule has 0 heterocycles. The molecule has 1 amide bonds. The Morgan fingerprint density at radius 1 is 1.17 bits per heavy atom. The summed E-state index contributed by atoms with van der Waals surface area (Å²) in [6.45, 7) is 3.59. The molecule has 2 aromatic carbocycles. The Bertz CT molecular complexity index is 602. The fraction of sp³-hybridized carbons (Fsp3) is 0. The van der Waals surface area contributed by atoms with Crippen molar-refractivity contribution in [1.82, 2.24) is 0 Å². The predicted octanol–water partition coefficient (Wildman–Crippen LogP) is 3.23. The molecule has 0 saturated heterocycles. The standard InChI is InChI=1S/C15H12FNO/c1-2-10-3-8-13(14(16)9-10)11-4-6-12(7-5-11)15(17)18/h2-9H,1H2,(H2,17,18). The third kappa shape index (κ3) is 2.30. The summed E-state index contributed by atoms with van der Waals surface area (Å²) in [7, 11) is 0. The van der Waals surface area contributed by atoms with E-state index in [1.807, 2.05) is 0 Å². The van der Waals surface area contributed by atoms with E-state index in [-0.39, 0.29) is 5.82 Å². The third-order valence-electron chi connectivity index (χ3n) is 2.71. The number of carbonyl (C=O) groups is 1. The maximum absolute atomic E-state index is 13.8. The summed E-state index contributed by atoms with van der Waals surface area (Å²) in [4.78, 5) is 10.9. The summed E-state index contributed by atoms with van der Waals surface area (Å²) in [5.41, 5.74) is 7.46. The Hall–Kier alpha value is -2.42. The Labute approximate surface area is 105 Å². The lowest BCUT2D eigenvalue weighted by molar-refractivity contribution is 0.100. The molecular formula is C15H12FNO. The van der Waals surface area contributed by atoms with E-state index < -0.39 is 5.91 Å². The lowest BCUT2D eigenvalue weighted by Crippen LogP contribution is -2.10. The van der Waals surface area contributed by atoms with Crippen molar-refractivity contribution in [1.29, 1.82) is 0 Å². The number of benzene rings is 2. The Balaban J connectivity index is 2.42. The van der Waals surface area contributed by atoms with Gasteiger partial charge in [-0.05, 0) is 29.3 Å². The van der Waals surface area contributed by atoms with Crippen LogP contribution in [0.3, 0.4) is 0 Å². The summed E-state index contributed by atoms with van der Waals surface area (Å²) >= 11 is 0. The molecule has 0 atom stereocenters. The lowest BCUT2D eigenvalue weighted by Gasteiger charge is -2.05. The first-order valence-electron chi connectivity index (χ1n) is 5.44. The summed E-state index contributed by atoms with van der Waals surface area (Å²) in [6.07, 6.45) is 1.59. The van der Waals surface area contributed by atoms with Crippen molar-refractivity contribution in [3.8, 4) is 11.1 Å². The molecule has 18 heavy (non-hydrogen) atoms. The highest BCUT2D eigenvalue weighted by Gasteiger charge is 2.06. The van der Waals surface area contributed by atoms with E-state index in [0.717, 1.165) is 5.56 Å². The molecule has 0 fully saturated rings. The Kier molecular flexibility index (Phi) is 3.24. The molecule has 2 aromatic rings. The van der Waals surface area contributed by atoms with Crippen LogP contribution < -0.4 is 5.73 Å². The fourth-order valence-corrected chi connectivity index (χ4v) is 1.71. The summed E-state index contributed by atoms with van der Waals surface area (Å²) in [6, 6.07) is 11.4. The van der Waals surface area contributed by atoms with E-state index in [0.29, 0.717) is 16.7 Å². The number of halogens is 1. The number of hydrogen-bond acceptors (Lipinski definition) is 1. The van der Waals surface area contributed by atoms with Gasteiger partial charge in [-0.25, -0.2) is 4.39 Å². The zero-order chi connectivity index (χ0) is 13.1. The smallest absolute Gasteiger partial charge is 0.248 e. The quantitative estimate of drug-likeness (QED) is 0.880. The minimum Gasteiger partial charge on any atom is -0.366 e. The zero-order valence-corrected chi connectivity index (χ0v) is 9.69. The van der Waals surface area contributed by atoms with E-state index in [9.17, 15) is 9.18 Å². The summed E-state index contributed by atoms with van der Waals surface area (Å²) in [5, 5.41) is 0. The monoisotopic (exact) mass is 241 g/mol. The first kappa shape index (κ1) is 12.0. The van der Waals surface area contributed by atoms with Gasteiger partial charge in [0, 0.05) is 11.1 Å². The second-order valence-electron chi connectivity index (χ2n) is 3.89. The van der Waals surface area contributed by atoms with E-state index in [2.05, 4.69) is 6.58 Å². The molecular weight excluding hydrogens is 229 g/mol. The molecule has 0 saturated carbocycles. The van der Waals surface area contributed by atoms with Crippen LogP contribution in [0, 0.1) is 5.82 Å². The van der Waals surface area contributed by atoms with Gasteiger partial charge in [0.1, 0.15) is 5.82 Å². The first-order valence-corrected chi connectivity index (χ1v) is 5.44. The largest absolute Gasteiger partial charge is 0.366 e. The van der Waals surface area contributed by atoms with E-state index in [1.165, 1.54) is 6.07 Å². The van der Waals surface area contributed by atoms with Crippen LogP contribution >= 0.6 is 0 Å². The van der Waals surface area contributed by atoms with Crippen molar-refractivity contribution >= 4 is 12.0 Å². The highest BCUT2D eigenvalue weighted by molar-refractivity contribution is 5.93. The number of rotatable bonds is 3. The molecule has 0 aromatic heterocycles. The van der Waals surface area contributed by atoms with Gasteiger partial charge in [0.25, 0.3) is 0 Å². The lowest BCUT2D eigenvalue weighted by atomic mass is 10.0. The summed E-state index contributed by atoms with van der Waals surface area (Å²) in [5.74, 6) is -0.816. The average Bonchev–Trinajstić information content (AvgIpc) is 2.38. The Morgan fingerprint density at radius 3 is 2.33 bits per heavy atom. The average molecular weight is 241 g/mol. The molecule has 0 bridgehead atoms. The SMILES string of the molecule is C=Cc1ccc(-c2ccc(C(N)=O)cc2)c(F)c1. The van der Waals surface area contributed by atoms with Gasteiger partial charge in [-0.1, -0.05) is 36.9 Å². The first-order chi connectivity index (χ1) is 8.61. The number of amides is 1. The van der Waals surface area contributed by atoms with Crippen molar-refractivity contribution < 1.29 is 9.18 Å².